The highest BCUT2D eigenvalue weighted by atomic mass is 79.9. The Bertz CT molecular complexity index is 551. The van der Waals surface area contributed by atoms with Crippen molar-refractivity contribution in [2.75, 3.05) is 0 Å². The van der Waals surface area contributed by atoms with Crippen molar-refractivity contribution in [3.63, 3.8) is 0 Å². The van der Waals surface area contributed by atoms with Crippen molar-refractivity contribution in [1.29, 1.82) is 0 Å². The minimum Gasteiger partial charge on any atom is -0.268 e. The topological polar surface area (TPSA) is 45.8 Å². The van der Waals surface area contributed by atoms with E-state index in [2.05, 4.69) is 26.1 Å². The Morgan fingerprint density at radius 3 is 2.69 bits per heavy atom. The number of rotatable bonds is 1. The summed E-state index contributed by atoms with van der Waals surface area (Å²) in [7, 11) is 0. The molecule has 2 aromatic rings. The van der Waals surface area contributed by atoms with Crippen molar-refractivity contribution < 1.29 is 0 Å². The van der Waals surface area contributed by atoms with Gasteiger partial charge >= 0.3 is 0 Å². The van der Waals surface area contributed by atoms with E-state index in [0.717, 1.165) is 15.6 Å². The molecule has 0 unspecified atom stereocenters. The van der Waals surface area contributed by atoms with Crippen LogP contribution in [0.1, 0.15) is 5.56 Å². The van der Waals surface area contributed by atoms with Crippen LogP contribution in [-0.2, 0) is 0 Å². The van der Waals surface area contributed by atoms with E-state index in [1.54, 1.807) is 6.07 Å². The zero-order valence-electron chi connectivity index (χ0n) is 8.42. The summed E-state index contributed by atoms with van der Waals surface area (Å²) >= 11 is 9.50. The Morgan fingerprint density at radius 1 is 1.38 bits per heavy atom. The molecule has 16 heavy (non-hydrogen) atoms. The van der Waals surface area contributed by atoms with Crippen molar-refractivity contribution in [2.24, 2.45) is 0 Å². The lowest BCUT2D eigenvalue weighted by molar-refractivity contribution is 0.995. The molecule has 0 amide bonds. The second-order valence-electron chi connectivity index (χ2n) is 3.37. The Hall–Kier alpha value is -1.13. The van der Waals surface area contributed by atoms with Crippen molar-refractivity contribution in [2.45, 2.75) is 6.92 Å². The van der Waals surface area contributed by atoms with Crippen LogP contribution in [-0.4, -0.2) is 10.2 Å². The maximum atomic E-state index is 10.9. The first-order valence-corrected chi connectivity index (χ1v) is 5.77. The van der Waals surface area contributed by atoms with Gasteiger partial charge in [-0.25, -0.2) is 5.10 Å². The average Bonchev–Trinajstić information content (AvgIpc) is 2.26. The molecule has 2 rings (SSSR count). The van der Waals surface area contributed by atoms with E-state index >= 15 is 0 Å². The molecule has 82 valence electrons. The van der Waals surface area contributed by atoms with Crippen LogP contribution in [0.3, 0.4) is 0 Å². The second-order valence-corrected chi connectivity index (χ2v) is 4.63. The summed E-state index contributed by atoms with van der Waals surface area (Å²) < 4.78 is 0.919. The fourth-order valence-electron chi connectivity index (χ4n) is 1.30. The molecule has 0 saturated heterocycles. The van der Waals surface area contributed by atoms with E-state index in [1.165, 1.54) is 6.07 Å². The standard InChI is InChI=1S/C11H8BrClN2O/c1-6-8(12)4-7(5-9(6)13)10-2-3-11(16)15-14-10/h2-5H,1H3,(H,15,16). The van der Waals surface area contributed by atoms with Gasteiger partial charge in [0.05, 0.1) is 5.69 Å². The first-order valence-electron chi connectivity index (χ1n) is 4.59. The lowest BCUT2D eigenvalue weighted by Crippen LogP contribution is -2.05. The van der Waals surface area contributed by atoms with Gasteiger partial charge in [-0.1, -0.05) is 27.5 Å². The molecule has 0 atom stereocenters. The van der Waals surface area contributed by atoms with Crippen LogP contribution < -0.4 is 5.56 Å². The predicted molar refractivity (Wildman–Crippen MR) is 67.7 cm³/mol. The number of aromatic nitrogens is 2. The molecular weight excluding hydrogens is 291 g/mol. The first-order chi connectivity index (χ1) is 7.58. The lowest BCUT2D eigenvalue weighted by Gasteiger charge is -2.05. The van der Waals surface area contributed by atoms with Crippen molar-refractivity contribution >= 4 is 27.5 Å². The zero-order valence-corrected chi connectivity index (χ0v) is 10.8. The lowest BCUT2D eigenvalue weighted by atomic mass is 10.1. The van der Waals surface area contributed by atoms with Gasteiger partial charge in [-0.2, -0.15) is 5.10 Å². The molecule has 0 saturated carbocycles. The summed E-state index contributed by atoms with van der Waals surface area (Å²) in [6.07, 6.45) is 0. The third kappa shape index (κ3) is 2.18. The Balaban J connectivity index is 2.56. The Kier molecular flexibility index (Phi) is 3.12. The highest BCUT2D eigenvalue weighted by Gasteiger charge is 2.06. The fourth-order valence-corrected chi connectivity index (χ4v) is 2.09. The van der Waals surface area contributed by atoms with Crippen LogP contribution in [0, 0.1) is 6.92 Å². The molecular formula is C11H8BrClN2O. The molecule has 0 fully saturated rings. The van der Waals surface area contributed by atoms with E-state index in [9.17, 15) is 4.79 Å². The van der Waals surface area contributed by atoms with Crippen LogP contribution in [0.5, 0.6) is 0 Å². The third-order valence-electron chi connectivity index (χ3n) is 2.26. The Labute approximate surface area is 106 Å². The minimum absolute atomic E-state index is 0.221. The molecule has 3 nitrogen and oxygen atoms in total. The molecule has 0 aliphatic carbocycles. The molecule has 0 spiro atoms. The number of benzene rings is 1. The molecule has 1 aromatic carbocycles. The second kappa shape index (κ2) is 4.39. The maximum absolute atomic E-state index is 10.9. The van der Waals surface area contributed by atoms with Crippen molar-refractivity contribution in [1.82, 2.24) is 10.2 Å². The Morgan fingerprint density at radius 2 is 2.12 bits per heavy atom. The molecule has 1 heterocycles. The van der Waals surface area contributed by atoms with E-state index in [4.69, 9.17) is 11.6 Å². The number of hydrogen-bond acceptors (Lipinski definition) is 2. The van der Waals surface area contributed by atoms with Crippen molar-refractivity contribution in [3.05, 3.63) is 49.7 Å². The zero-order chi connectivity index (χ0) is 11.7. The molecule has 0 aliphatic rings. The monoisotopic (exact) mass is 298 g/mol. The summed E-state index contributed by atoms with van der Waals surface area (Å²) in [6, 6.07) is 6.83. The van der Waals surface area contributed by atoms with Gasteiger partial charge in [-0.3, -0.25) is 4.79 Å². The average molecular weight is 300 g/mol. The minimum atomic E-state index is -0.221. The van der Waals surface area contributed by atoms with Gasteiger partial charge in [0.25, 0.3) is 5.56 Å². The summed E-state index contributed by atoms with van der Waals surface area (Å²) in [6.45, 7) is 1.93. The quantitative estimate of drug-likeness (QED) is 0.879. The number of aromatic amines is 1. The van der Waals surface area contributed by atoms with E-state index in [-0.39, 0.29) is 5.56 Å². The summed E-state index contributed by atoms with van der Waals surface area (Å²) in [5.74, 6) is 0. The van der Waals surface area contributed by atoms with Gasteiger partial charge in [-0.05, 0) is 30.7 Å². The van der Waals surface area contributed by atoms with E-state index in [1.807, 2.05) is 19.1 Å². The summed E-state index contributed by atoms with van der Waals surface area (Å²) in [4.78, 5) is 10.9. The van der Waals surface area contributed by atoms with Gasteiger partial charge in [0.15, 0.2) is 0 Å². The van der Waals surface area contributed by atoms with Gasteiger partial charge < -0.3 is 0 Å². The number of hydrogen-bond donors (Lipinski definition) is 1. The number of H-pyrrole nitrogens is 1. The van der Waals surface area contributed by atoms with Gasteiger partial charge in [-0.15, -0.1) is 0 Å². The number of nitrogens with one attached hydrogen (secondary N) is 1. The van der Waals surface area contributed by atoms with Gasteiger partial charge in [0.2, 0.25) is 0 Å². The first kappa shape index (κ1) is 11.4. The summed E-state index contributed by atoms with van der Waals surface area (Å²) in [5, 5.41) is 7.00. The maximum Gasteiger partial charge on any atom is 0.264 e. The number of halogens is 2. The molecule has 1 N–H and O–H groups in total. The summed E-state index contributed by atoms with van der Waals surface area (Å²) in [5.41, 5.74) is 2.30. The van der Waals surface area contributed by atoms with Gasteiger partial charge in [0.1, 0.15) is 0 Å². The highest BCUT2D eigenvalue weighted by Crippen LogP contribution is 2.29. The predicted octanol–water partition coefficient (Wildman–Crippen LogP) is 3.16. The molecule has 0 radical (unpaired) electrons. The molecule has 5 heteroatoms. The normalized spacial score (nSPS) is 10.4. The van der Waals surface area contributed by atoms with Crippen LogP contribution in [0.25, 0.3) is 11.3 Å². The molecule has 0 aliphatic heterocycles. The highest BCUT2D eigenvalue weighted by molar-refractivity contribution is 9.10. The largest absolute Gasteiger partial charge is 0.268 e. The molecule has 1 aromatic heterocycles. The van der Waals surface area contributed by atoms with Crippen LogP contribution in [0.2, 0.25) is 5.02 Å². The van der Waals surface area contributed by atoms with Crippen LogP contribution >= 0.6 is 27.5 Å². The van der Waals surface area contributed by atoms with Crippen molar-refractivity contribution in [3.8, 4) is 11.3 Å². The SMILES string of the molecule is Cc1c(Cl)cc(-c2ccc(=O)[nH]n2)cc1Br. The third-order valence-corrected chi connectivity index (χ3v) is 3.47. The molecule has 0 bridgehead atoms. The van der Waals surface area contributed by atoms with Crippen LogP contribution in [0.4, 0.5) is 0 Å². The van der Waals surface area contributed by atoms with E-state index < -0.39 is 0 Å². The van der Waals surface area contributed by atoms with Gasteiger partial charge in [0, 0.05) is 21.1 Å². The smallest absolute Gasteiger partial charge is 0.264 e. The van der Waals surface area contributed by atoms with E-state index in [0.29, 0.717) is 10.7 Å². The fraction of sp³-hybridized carbons (Fsp3) is 0.0909. The number of nitrogens with zero attached hydrogens (tertiary/aromatic N) is 1. The van der Waals surface area contributed by atoms with Crippen LogP contribution in [0.15, 0.2) is 33.5 Å².